The van der Waals surface area contributed by atoms with Crippen LogP contribution in [0.5, 0.6) is 0 Å². The lowest BCUT2D eigenvalue weighted by Crippen LogP contribution is -2.47. The fraction of sp³-hybridized carbons (Fsp3) is 0.400. The predicted molar refractivity (Wildman–Crippen MR) is 64.6 cm³/mol. The quantitative estimate of drug-likeness (QED) is 0.728. The van der Waals surface area contributed by atoms with Gasteiger partial charge in [-0.15, -0.1) is 11.3 Å². The van der Waals surface area contributed by atoms with E-state index in [1.165, 1.54) is 11.3 Å². The molecule has 0 aliphatic heterocycles. The molecular weight excluding hydrogens is 226 g/mol. The summed E-state index contributed by atoms with van der Waals surface area (Å²) in [6.07, 6.45) is 0. The van der Waals surface area contributed by atoms with Crippen molar-refractivity contribution in [1.82, 2.24) is 5.32 Å². The maximum Gasteiger partial charge on any atom is 0.251 e. The van der Waals surface area contributed by atoms with Gasteiger partial charge in [-0.3, -0.25) is 9.59 Å². The van der Waals surface area contributed by atoms with Gasteiger partial charge in [-0.05, 0) is 32.3 Å². The molecule has 2 amide bonds. The third kappa shape index (κ3) is 2.59. The minimum Gasteiger partial charge on any atom is -0.366 e. The van der Waals surface area contributed by atoms with Crippen molar-refractivity contribution in [1.29, 1.82) is 0 Å². The second-order valence-electron chi connectivity index (χ2n) is 3.86. The summed E-state index contributed by atoms with van der Waals surface area (Å²) in [6, 6.07) is 1.59. The summed E-state index contributed by atoms with van der Waals surface area (Å²) in [6.45, 7) is 3.50. The maximum absolute atomic E-state index is 11.8. The molecule has 5 nitrogen and oxygen atoms in total. The van der Waals surface area contributed by atoms with E-state index < -0.39 is 11.4 Å². The number of rotatable bonds is 4. The van der Waals surface area contributed by atoms with E-state index in [2.05, 4.69) is 10.6 Å². The van der Waals surface area contributed by atoms with E-state index in [0.29, 0.717) is 10.6 Å². The minimum atomic E-state index is -0.696. The average Bonchev–Trinajstić information content (AvgIpc) is 2.65. The van der Waals surface area contributed by atoms with Crippen molar-refractivity contribution in [3.05, 3.63) is 17.0 Å². The first-order valence-corrected chi connectivity index (χ1v) is 5.64. The highest BCUT2D eigenvalue weighted by Gasteiger charge is 2.26. The molecule has 0 spiro atoms. The summed E-state index contributed by atoms with van der Waals surface area (Å²) in [5.74, 6) is -0.751. The molecule has 88 valence electrons. The third-order valence-corrected chi connectivity index (χ3v) is 3.18. The van der Waals surface area contributed by atoms with Gasteiger partial charge in [-0.1, -0.05) is 0 Å². The number of hydrogen-bond acceptors (Lipinski definition) is 4. The van der Waals surface area contributed by atoms with Gasteiger partial charge in [0.2, 0.25) is 5.91 Å². The molecule has 0 atom stereocenters. The molecule has 0 radical (unpaired) electrons. The van der Waals surface area contributed by atoms with Crippen LogP contribution in [0.15, 0.2) is 11.4 Å². The Morgan fingerprint density at radius 2 is 2.06 bits per heavy atom. The number of likely N-dealkylation sites (N-methyl/N-ethyl adjacent to an activating group) is 1. The lowest BCUT2D eigenvalue weighted by molar-refractivity contribution is -0.121. The molecule has 0 bridgehead atoms. The number of carbonyl (C=O) groups is 2. The number of hydrogen-bond donors (Lipinski definition) is 3. The predicted octanol–water partition coefficient (Wildman–Crippen LogP) is 0.784. The van der Waals surface area contributed by atoms with Gasteiger partial charge >= 0.3 is 0 Å². The zero-order valence-electron chi connectivity index (χ0n) is 9.46. The number of amides is 2. The number of primary amides is 1. The molecule has 16 heavy (non-hydrogen) atoms. The van der Waals surface area contributed by atoms with Gasteiger partial charge in [0.05, 0.1) is 11.1 Å². The number of carbonyl (C=O) groups excluding carboxylic acids is 2. The zero-order valence-corrected chi connectivity index (χ0v) is 10.3. The fourth-order valence-electron chi connectivity index (χ4n) is 0.973. The van der Waals surface area contributed by atoms with Crippen LogP contribution < -0.4 is 16.4 Å². The average molecular weight is 241 g/mol. The smallest absolute Gasteiger partial charge is 0.251 e. The van der Waals surface area contributed by atoms with Gasteiger partial charge in [0.1, 0.15) is 5.00 Å². The summed E-state index contributed by atoms with van der Waals surface area (Å²) in [7, 11) is 1.70. The van der Waals surface area contributed by atoms with E-state index in [4.69, 9.17) is 5.73 Å². The van der Waals surface area contributed by atoms with Crippen molar-refractivity contribution in [2.45, 2.75) is 19.4 Å². The van der Waals surface area contributed by atoms with Crippen LogP contribution >= 0.6 is 11.3 Å². The Morgan fingerprint density at radius 3 is 2.56 bits per heavy atom. The lowest BCUT2D eigenvalue weighted by Gasteiger charge is -2.22. The second kappa shape index (κ2) is 4.63. The van der Waals surface area contributed by atoms with E-state index in [1.54, 1.807) is 32.3 Å². The molecule has 0 aromatic carbocycles. The molecule has 6 heteroatoms. The molecule has 1 heterocycles. The largest absolute Gasteiger partial charge is 0.366 e. The molecule has 1 rings (SSSR count). The number of nitrogens with one attached hydrogen (secondary N) is 2. The van der Waals surface area contributed by atoms with Gasteiger partial charge in [0.15, 0.2) is 0 Å². The number of nitrogens with two attached hydrogens (primary N) is 1. The minimum absolute atomic E-state index is 0.208. The van der Waals surface area contributed by atoms with Crippen molar-refractivity contribution in [2.24, 2.45) is 5.73 Å². The van der Waals surface area contributed by atoms with E-state index >= 15 is 0 Å². The molecule has 0 aliphatic rings. The van der Waals surface area contributed by atoms with Gasteiger partial charge in [0.25, 0.3) is 5.91 Å². The second-order valence-corrected chi connectivity index (χ2v) is 4.77. The van der Waals surface area contributed by atoms with Gasteiger partial charge in [0, 0.05) is 0 Å². The molecule has 0 aliphatic carbocycles. The van der Waals surface area contributed by atoms with Gasteiger partial charge < -0.3 is 16.4 Å². The van der Waals surface area contributed by atoms with Crippen molar-refractivity contribution in [3.8, 4) is 0 Å². The Bertz CT molecular complexity index is 412. The summed E-state index contributed by atoms with van der Waals surface area (Å²) in [5, 5.41) is 7.76. The summed E-state index contributed by atoms with van der Waals surface area (Å²) < 4.78 is 0. The summed E-state index contributed by atoms with van der Waals surface area (Å²) >= 11 is 1.27. The van der Waals surface area contributed by atoms with Gasteiger partial charge in [-0.2, -0.15) is 0 Å². The molecule has 0 fully saturated rings. The normalized spacial score (nSPS) is 11.2. The van der Waals surface area contributed by atoms with E-state index in [1.807, 2.05) is 0 Å². The molecule has 0 saturated heterocycles. The zero-order chi connectivity index (χ0) is 12.3. The summed E-state index contributed by atoms with van der Waals surface area (Å²) in [5.41, 5.74) is 4.82. The Hall–Kier alpha value is -1.40. The molecule has 4 N–H and O–H groups in total. The highest BCUT2D eigenvalue weighted by Crippen LogP contribution is 2.23. The van der Waals surface area contributed by atoms with Gasteiger partial charge in [-0.25, -0.2) is 0 Å². The van der Waals surface area contributed by atoms with E-state index in [0.717, 1.165) is 0 Å². The van der Waals surface area contributed by atoms with Crippen LogP contribution in [0.2, 0.25) is 0 Å². The van der Waals surface area contributed by atoms with Crippen LogP contribution in [0.3, 0.4) is 0 Å². The third-order valence-electron chi connectivity index (χ3n) is 2.35. The number of anilines is 1. The molecule has 1 aromatic heterocycles. The Labute approximate surface area is 98.0 Å². The van der Waals surface area contributed by atoms with Crippen LogP contribution in [0.4, 0.5) is 5.00 Å². The van der Waals surface area contributed by atoms with E-state index in [-0.39, 0.29) is 5.91 Å². The van der Waals surface area contributed by atoms with Crippen LogP contribution in [0.25, 0.3) is 0 Å². The summed E-state index contributed by atoms with van der Waals surface area (Å²) in [4.78, 5) is 22.9. The van der Waals surface area contributed by atoms with Crippen LogP contribution in [-0.4, -0.2) is 24.4 Å². The first-order valence-electron chi connectivity index (χ1n) is 4.76. The Kier molecular flexibility index (Phi) is 3.66. The van der Waals surface area contributed by atoms with Crippen molar-refractivity contribution >= 4 is 28.2 Å². The molecule has 0 saturated carbocycles. The SMILES string of the molecule is CNC(C)(C)C(=O)Nc1sccc1C(N)=O. The van der Waals surface area contributed by atoms with Crippen molar-refractivity contribution in [3.63, 3.8) is 0 Å². The molecule has 1 aromatic rings. The van der Waals surface area contributed by atoms with Crippen molar-refractivity contribution < 1.29 is 9.59 Å². The first-order chi connectivity index (χ1) is 7.38. The fourth-order valence-corrected chi connectivity index (χ4v) is 1.76. The van der Waals surface area contributed by atoms with Crippen LogP contribution in [-0.2, 0) is 4.79 Å². The van der Waals surface area contributed by atoms with E-state index in [9.17, 15) is 9.59 Å². The van der Waals surface area contributed by atoms with Crippen LogP contribution in [0, 0.1) is 0 Å². The maximum atomic E-state index is 11.8. The Balaban J connectivity index is 2.85. The number of thiophene rings is 1. The monoisotopic (exact) mass is 241 g/mol. The molecule has 0 unspecified atom stereocenters. The highest BCUT2D eigenvalue weighted by molar-refractivity contribution is 7.14. The topological polar surface area (TPSA) is 84.2 Å². The first kappa shape index (κ1) is 12.7. The molecular formula is C10H15N3O2S. The van der Waals surface area contributed by atoms with Crippen LogP contribution in [0.1, 0.15) is 24.2 Å². The lowest BCUT2D eigenvalue weighted by atomic mass is 10.1. The Morgan fingerprint density at radius 1 is 1.44 bits per heavy atom. The van der Waals surface area contributed by atoms with Crippen molar-refractivity contribution in [2.75, 3.05) is 12.4 Å². The highest BCUT2D eigenvalue weighted by atomic mass is 32.1. The standard InChI is InChI=1S/C10H15N3O2S/c1-10(2,12-3)9(15)13-8-6(7(11)14)4-5-16-8/h4-5,12H,1-3H3,(H2,11,14)(H,13,15).